The number of amides is 1. The molecule has 0 atom stereocenters. The molecule has 1 aromatic heterocycles. The summed E-state index contributed by atoms with van der Waals surface area (Å²) in [6, 6.07) is 10.0. The number of carbonyl (C=O) groups is 1. The van der Waals surface area contributed by atoms with E-state index in [1.165, 1.54) is 44.1 Å². The van der Waals surface area contributed by atoms with Crippen molar-refractivity contribution in [1.82, 2.24) is 14.9 Å². The number of fused-ring (bicyclic) bond motifs is 1. The Morgan fingerprint density at radius 2 is 1.74 bits per heavy atom. The highest BCUT2D eigenvalue weighted by Crippen LogP contribution is 2.59. The molecule has 31 heavy (non-hydrogen) atoms. The highest BCUT2D eigenvalue weighted by molar-refractivity contribution is 5.79. The van der Waals surface area contributed by atoms with Crippen LogP contribution < -0.4 is 5.32 Å². The molecule has 4 saturated carbocycles. The summed E-state index contributed by atoms with van der Waals surface area (Å²) >= 11 is 0. The van der Waals surface area contributed by atoms with Crippen LogP contribution in [-0.2, 0) is 24.2 Å². The minimum absolute atomic E-state index is 0.179. The van der Waals surface area contributed by atoms with E-state index < -0.39 is 0 Å². The van der Waals surface area contributed by atoms with E-state index in [4.69, 9.17) is 0 Å². The van der Waals surface area contributed by atoms with Crippen molar-refractivity contribution in [3.8, 4) is 0 Å². The largest absolute Gasteiger partial charge is 0.369 e. The Kier molecular flexibility index (Phi) is 4.73. The van der Waals surface area contributed by atoms with Gasteiger partial charge in [-0.2, -0.15) is 0 Å². The second kappa shape index (κ2) is 7.61. The predicted molar refractivity (Wildman–Crippen MR) is 120 cm³/mol. The zero-order valence-electron chi connectivity index (χ0n) is 18.2. The molecule has 1 aliphatic heterocycles. The summed E-state index contributed by atoms with van der Waals surface area (Å²) in [5.74, 6) is 4.10. The van der Waals surface area contributed by atoms with Gasteiger partial charge in [-0.1, -0.05) is 30.3 Å². The summed E-state index contributed by atoms with van der Waals surface area (Å²) < 4.78 is 0. The van der Waals surface area contributed by atoms with Gasteiger partial charge in [0.1, 0.15) is 12.1 Å². The Hall–Kier alpha value is -2.43. The van der Waals surface area contributed by atoms with Crippen molar-refractivity contribution in [1.29, 1.82) is 0 Å². The SMILES string of the molecule is O=C(Cc1ccccc1)N1CCc2c(ncnc2NCC23CC4CC(CC(C4)C2)C3)C1. The lowest BCUT2D eigenvalue weighted by atomic mass is 9.49. The number of hydrogen-bond donors (Lipinski definition) is 1. The first-order valence-electron chi connectivity index (χ1n) is 12.0. The van der Waals surface area contributed by atoms with E-state index in [2.05, 4.69) is 15.3 Å². The fourth-order valence-corrected chi connectivity index (χ4v) is 7.38. The Morgan fingerprint density at radius 1 is 1.03 bits per heavy atom. The average molecular weight is 417 g/mol. The topological polar surface area (TPSA) is 58.1 Å². The van der Waals surface area contributed by atoms with Gasteiger partial charge < -0.3 is 10.2 Å². The number of carbonyl (C=O) groups excluding carboxylic acids is 1. The number of aromatic nitrogens is 2. The molecule has 5 aliphatic rings. The van der Waals surface area contributed by atoms with Gasteiger partial charge in [0.05, 0.1) is 18.7 Å². The molecule has 5 heteroatoms. The van der Waals surface area contributed by atoms with Crippen LogP contribution in [0.3, 0.4) is 0 Å². The Bertz CT molecular complexity index is 937. The molecule has 2 heterocycles. The summed E-state index contributed by atoms with van der Waals surface area (Å²) in [5.41, 5.74) is 3.78. The molecule has 0 spiro atoms. The van der Waals surface area contributed by atoms with Crippen LogP contribution in [0.15, 0.2) is 36.7 Å². The van der Waals surface area contributed by atoms with Crippen molar-refractivity contribution in [3.63, 3.8) is 0 Å². The standard InChI is InChI=1S/C26H32N4O/c31-24(11-18-4-2-1-3-5-18)30-7-6-22-23(15-30)28-17-29-25(22)27-16-26-12-19-8-20(13-26)10-21(9-19)14-26/h1-5,17,19-21H,6-16H2,(H,27,28,29). The molecule has 1 aromatic carbocycles. The summed E-state index contributed by atoms with van der Waals surface area (Å²) in [5, 5.41) is 3.76. The van der Waals surface area contributed by atoms with Crippen molar-refractivity contribution < 1.29 is 4.79 Å². The van der Waals surface area contributed by atoms with Gasteiger partial charge >= 0.3 is 0 Å². The number of nitrogens with one attached hydrogen (secondary N) is 1. The highest BCUT2D eigenvalue weighted by atomic mass is 16.2. The maximum Gasteiger partial charge on any atom is 0.227 e. The Labute approximate surface area is 184 Å². The average Bonchev–Trinajstić information content (AvgIpc) is 2.77. The van der Waals surface area contributed by atoms with Crippen LogP contribution >= 0.6 is 0 Å². The predicted octanol–water partition coefficient (Wildman–Crippen LogP) is 4.23. The molecule has 5 nitrogen and oxygen atoms in total. The second-order valence-corrected chi connectivity index (χ2v) is 10.6. The van der Waals surface area contributed by atoms with E-state index in [9.17, 15) is 4.79 Å². The van der Waals surface area contributed by atoms with Gasteiger partial charge in [0.15, 0.2) is 0 Å². The van der Waals surface area contributed by atoms with E-state index in [1.807, 2.05) is 35.2 Å². The molecule has 1 N–H and O–H groups in total. The zero-order chi connectivity index (χ0) is 20.8. The minimum atomic E-state index is 0.179. The number of hydrogen-bond acceptors (Lipinski definition) is 4. The molecule has 1 amide bonds. The minimum Gasteiger partial charge on any atom is -0.369 e. The molecule has 7 rings (SSSR count). The molecule has 2 aromatic rings. The molecule has 0 saturated heterocycles. The smallest absolute Gasteiger partial charge is 0.227 e. The quantitative estimate of drug-likeness (QED) is 0.792. The van der Waals surface area contributed by atoms with Crippen LogP contribution in [0.2, 0.25) is 0 Å². The first-order chi connectivity index (χ1) is 15.2. The number of nitrogens with zero attached hydrogens (tertiary/aromatic N) is 3. The van der Waals surface area contributed by atoms with E-state index in [1.54, 1.807) is 6.33 Å². The summed E-state index contributed by atoms with van der Waals surface area (Å²) in [6.45, 7) is 2.39. The van der Waals surface area contributed by atoms with Gasteiger partial charge in [-0.15, -0.1) is 0 Å². The first kappa shape index (κ1) is 19.3. The number of rotatable bonds is 5. The third-order valence-corrected chi connectivity index (χ3v) is 8.35. The third kappa shape index (κ3) is 3.72. The van der Waals surface area contributed by atoms with Gasteiger partial charge in [-0.3, -0.25) is 4.79 Å². The van der Waals surface area contributed by atoms with Crippen molar-refractivity contribution in [3.05, 3.63) is 53.5 Å². The zero-order valence-corrected chi connectivity index (χ0v) is 18.2. The maximum atomic E-state index is 12.8. The lowest BCUT2D eigenvalue weighted by Gasteiger charge is -2.57. The van der Waals surface area contributed by atoms with Crippen molar-refractivity contribution >= 4 is 11.7 Å². The maximum absolute atomic E-state index is 12.8. The molecule has 4 fully saturated rings. The van der Waals surface area contributed by atoms with Crippen molar-refractivity contribution in [2.45, 2.75) is 57.9 Å². The van der Waals surface area contributed by atoms with E-state index in [0.717, 1.165) is 54.3 Å². The summed E-state index contributed by atoms with van der Waals surface area (Å²) in [4.78, 5) is 23.9. The second-order valence-electron chi connectivity index (χ2n) is 10.6. The van der Waals surface area contributed by atoms with Crippen LogP contribution in [0.1, 0.15) is 55.3 Å². The van der Waals surface area contributed by atoms with Gasteiger partial charge in [0, 0.05) is 18.7 Å². The van der Waals surface area contributed by atoms with Crippen LogP contribution in [0.5, 0.6) is 0 Å². The normalized spacial score (nSPS) is 30.8. The third-order valence-electron chi connectivity index (χ3n) is 8.35. The van der Waals surface area contributed by atoms with Gasteiger partial charge in [0.25, 0.3) is 0 Å². The van der Waals surface area contributed by atoms with Gasteiger partial charge in [-0.05, 0) is 73.7 Å². The highest BCUT2D eigenvalue weighted by Gasteiger charge is 2.50. The van der Waals surface area contributed by atoms with E-state index >= 15 is 0 Å². The Morgan fingerprint density at radius 3 is 2.45 bits per heavy atom. The van der Waals surface area contributed by atoms with Crippen LogP contribution in [0.4, 0.5) is 5.82 Å². The van der Waals surface area contributed by atoms with Gasteiger partial charge in [-0.25, -0.2) is 9.97 Å². The molecule has 4 aliphatic carbocycles. The number of benzene rings is 1. The molecular formula is C26H32N4O. The number of anilines is 1. The molecule has 0 radical (unpaired) electrons. The van der Waals surface area contributed by atoms with Gasteiger partial charge in [0.2, 0.25) is 5.91 Å². The lowest BCUT2D eigenvalue weighted by molar-refractivity contribution is -0.131. The van der Waals surface area contributed by atoms with Crippen LogP contribution in [0.25, 0.3) is 0 Å². The summed E-state index contributed by atoms with van der Waals surface area (Å²) in [6.07, 6.45) is 11.6. The van der Waals surface area contributed by atoms with E-state index in [0.29, 0.717) is 18.4 Å². The molecule has 162 valence electrons. The first-order valence-corrected chi connectivity index (χ1v) is 12.0. The lowest BCUT2D eigenvalue weighted by Crippen LogP contribution is -2.49. The van der Waals surface area contributed by atoms with Crippen LogP contribution in [-0.4, -0.2) is 33.9 Å². The van der Waals surface area contributed by atoms with E-state index in [-0.39, 0.29) is 5.91 Å². The fraction of sp³-hybridized carbons (Fsp3) is 0.577. The summed E-state index contributed by atoms with van der Waals surface area (Å²) in [7, 11) is 0. The van der Waals surface area contributed by atoms with Crippen molar-refractivity contribution in [2.75, 3.05) is 18.4 Å². The molecule has 0 unspecified atom stereocenters. The molecule has 4 bridgehead atoms. The Balaban J connectivity index is 1.13. The molecular weight excluding hydrogens is 384 g/mol. The van der Waals surface area contributed by atoms with Crippen LogP contribution in [0, 0.1) is 23.2 Å². The van der Waals surface area contributed by atoms with Crippen molar-refractivity contribution in [2.24, 2.45) is 23.2 Å². The fourth-order valence-electron chi connectivity index (χ4n) is 7.38. The monoisotopic (exact) mass is 416 g/mol.